The molecule has 0 N–H and O–H groups in total. The molecule has 6 aliphatic rings. The van der Waals surface area contributed by atoms with Crippen molar-refractivity contribution in [1.82, 2.24) is 4.90 Å². The maximum Gasteiger partial charge on any atom is 0.0974 e. The van der Waals surface area contributed by atoms with E-state index in [0.717, 1.165) is 6.04 Å². The summed E-state index contributed by atoms with van der Waals surface area (Å²) in [6, 6.07) is 16.8. The van der Waals surface area contributed by atoms with Crippen LogP contribution in [0.15, 0.2) is 65.8 Å². The van der Waals surface area contributed by atoms with Crippen LogP contribution in [0.3, 0.4) is 0 Å². The van der Waals surface area contributed by atoms with Crippen molar-refractivity contribution in [2.24, 2.45) is 11.3 Å². The fraction of sp³-hybridized carbons (Fsp3) is 0.548. The Bertz CT molecular complexity index is 1220. The number of hydrogen-bond donors (Lipinski definition) is 0. The molecule has 2 aromatic carbocycles. The summed E-state index contributed by atoms with van der Waals surface area (Å²) in [5.41, 5.74) is 5.04. The lowest BCUT2D eigenvalue weighted by Gasteiger charge is -2.54. The highest BCUT2D eigenvalue weighted by Gasteiger charge is 2.66. The Morgan fingerprint density at radius 2 is 1.85 bits per heavy atom. The van der Waals surface area contributed by atoms with E-state index in [1.807, 2.05) is 0 Å². The van der Waals surface area contributed by atoms with E-state index < -0.39 is 0 Å². The van der Waals surface area contributed by atoms with Crippen LogP contribution < -0.4 is 0 Å². The fourth-order valence-corrected chi connectivity index (χ4v) is 9.09. The molecular formula is C31H35NO. The summed E-state index contributed by atoms with van der Waals surface area (Å²) in [4.78, 5) is 2.68. The molecule has 0 aromatic heterocycles. The predicted octanol–water partition coefficient (Wildman–Crippen LogP) is 6.77. The molecule has 2 bridgehead atoms. The lowest BCUT2D eigenvalue weighted by atomic mass is 9.58. The van der Waals surface area contributed by atoms with Gasteiger partial charge >= 0.3 is 0 Å². The number of rotatable bonds is 2. The molecule has 0 unspecified atom stereocenters. The Balaban J connectivity index is 1.18. The van der Waals surface area contributed by atoms with Crippen molar-refractivity contribution >= 4 is 10.8 Å². The molecule has 3 heterocycles. The van der Waals surface area contributed by atoms with Crippen molar-refractivity contribution in [3.63, 3.8) is 0 Å². The van der Waals surface area contributed by atoms with Gasteiger partial charge in [0.05, 0.1) is 11.2 Å². The molecule has 4 fully saturated rings. The summed E-state index contributed by atoms with van der Waals surface area (Å²) in [5.74, 6) is 1.27. The van der Waals surface area contributed by atoms with Crippen molar-refractivity contribution < 1.29 is 4.74 Å². The summed E-state index contributed by atoms with van der Waals surface area (Å²) in [7, 11) is 0. The first-order chi connectivity index (χ1) is 16.1. The van der Waals surface area contributed by atoms with E-state index in [4.69, 9.17) is 4.74 Å². The number of benzene rings is 2. The fourth-order valence-electron chi connectivity index (χ4n) is 9.09. The Kier molecular flexibility index (Phi) is 3.77. The van der Waals surface area contributed by atoms with E-state index >= 15 is 0 Å². The third-order valence-electron chi connectivity index (χ3n) is 10.8. The molecule has 0 radical (unpaired) electrons. The van der Waals surface area contributed by atoms with Gasteiger partial charge in [-0.05, 0) is 96.1 Å². The van der Waals surface area contributed by atoms with Crippen LogP contribution in [-0.2, 0) is 4.74 Å². The molecule has 2 heteroatoms. The highest BCUT2D eigenvalue weighted by molar-refractivity contribution is 5.83. The highest BCUT2D eigenvalue weighted by atomic mass is 16.5. The Labute approximate surface area is 197 Å². The number of ether oxygens (including phenoxy) is 1. The zero-order valence-electron chi connectivity index (χ0n) is 19.9. The predicted molar refractivity (Wildman–Crippen MR) is 133 cm³/mol. The van der Waals surface area contributed by atoms with Gasteiger partial charge in [0.25, 0.3) is 0 Å². The van der Waals surface area contributed by atoms with Gasteiger partial charge in [0.1, 0.15) is 0 Å². The van der Waals surface area contributed by atoms with Crippen molar-refractivity contribution in [3.05, 3.63) is 71.3 Å². The number of fused-ring (bicyclic) bond motifs is 2. The smallest absolute Gasteiger partial charge is 0.0974 e. The van der Waals surface area contributed by atoms with Crippen LogP contribution in [0, 0.1) is 11.3 Å². The van der Waals surface area contributed by atoms with Crippen molar-refractivity contribution in [3.8, 4) is 0 Å². The van der Waals surface area contributed by atoms with Crippen molar-refractivity contribution in [1.29, 1.82) is 0 Å². The maximum absolute atomic E-state index is 7.46. The average molecular weight is 438 g/mol. The van der Waals surface area contributed by atoms with Crippen molar-refractivity contribution in [2.45, 2.75) is 81.5 Å². The molecule has 3 aliphatic heterocycles. The Morgan fingerprint density at radius 1 is 0.970 bits per heavy atom. The van der Waals surface area contributed by atoms with Gasteiger partial charge in [0, 0.05) is 19.1 Å². The second-order valence-electron chi connectivity index (χ2n) is 12.2. The normalized spacial score (nSPS) is 43.5. The monoisotopic (exact) mass is 437 g/mol. The zero-order chi connectivity index (χ0) is 21.8. The average Bonchev–Trinajstić information content (AvgIpc) is 3.56. The van der Waals surface area contributed by atoms with Crippen LogP contribution in [0.2, 0.25) is 0 Å². The van der Waals surface area contributed by atoms with Gasteiger partial charge in [0.2, 0.25) is 0 Å². The van der Waals surface area contributed by atoms with Gasteiger partial charge in [-0.3, -0.25) is 4.90 Å². The molecule has 2 saturated heterocycles. The first kappa shape index (κ1) is 19.4. The molecule has 0 amide bonds. The lowest BCUT2D eigenvalue weighted by molar-refractivity contribution is -0.138. The first-order valence-corrected chi connectivity index (χ1v) is 13.4. The number of hydrogen-bond acceptors (Lipinski definition) is 2. The Hall–Kier alpha value is -1.90. The SMILES string of the molecule is C[C@]12CC=C3C=C4CC[C@@H](N5CC5)C[C@]45CC[C@]3(O5)[C@@H]1CC[C@@H]2c1ccc2ccccc2c1. The molecule has 2 spiro atoms. The van der Waals surface area contributed by atoms with E-state index in [2.05, 4.69) is 66.4 Å². The molecule has 2 nitrogen and oxygen atoms in total. The van der Waals surface area contributed by atoms with Crippen LogP contribution in [0.4, 0.5) is 0 Å². The summed E-state index contributed by atoms with van der Waals surface area (Å²) < 4.78 is 7.46. The third kappa shape index (κ3) is 2.52. The lowest BCUT2D eigenvalue weighted by Crippen LogP contribution is -2.54. The van der Waals surface area contributed by atoms with Crippen LogP contribution in [0.5, 0.6) is 0 Å². The summed E-state index contributed by atoms with van der Waals surface area (Å²) in [6.07, 6.45) is 15.3. The van der Waals surface area contributed by atoms with E-state index in [1.165, 1.54) is 75.2 Å². The molecule has 6 atom stereocenters. The molecule has 8 rings (SSSR count). The minimum atomic E-state index is -0.0249. The standard InChI is InChI=1S/C31H35NO/c1-29-13-12-25-19-24-8-9-26(32-16-17-32)20-30(24)14-15-31(25,33-30)28(29)11-10-27(29)23-7-6-21-4-2-3-5-22(21)18-23/h2-7,12,18-19,26-28H,8-11,13-17,20H2,1H3/t26-,27-,28-,29-,30-,31-/m1/s1. The van der Waals surface area contributed by atoms with E-state index in [1.54, 1.807) is 16.7 Å². The summed E-state index contributed by atoms with van der Waals surface area (Å²) >= 11 is 0. The molecular weight excluding hydrogens is 402 g/mol. The van der Waals surface area contributed by atoms with Crippen LogP contribution in [0.1, 0.15) is 69.8 Å². The highest BCUT2D eigenvalue weighted by Crippen LogP contribution is 2.69. The van der Waals surface area contributed by atoms with Gasteiger partial charge in [0.15, 0.2) is 0 Å². The van der Waals surface area contributed by atoms with Gasteiger partial charge in [-0.1, -0.05) is 61.5 Å². The summed E-state index contributed by atoms with van der Waals surface area (Å²) in [5, 5.41) is 2.74. The topological polar surface area (TPSA) is 12.2 Å². The van der Waals surface area contributed by atoms with Crippen molar-refractivity contribution in [2.75, 3.05) is 13.1 Å². The second-order valence-corrected chi connectivity index (χ2v) is 12.2. The minimum absolute atomic E-state index is 0.0249. The third-order valence-corrected chi connectivity index (χ3v) is 10.8. The van der Waals surface area contributed by atoms with Crippen LogP contribution in [0.25, 0.3) is 10.8 Å². The molecule has 33 heavy (non-hydrogen) atoms. The van der Waals surface area contributed by atoms with Gasteiger partial charge < -0.3 is 4.74 Å². The maximum atomic E-state index is 7.46. The van der Waals surface area contributed by atoms with E-state index in [-0.39, 0.29) is 16.6 Å². The van der Waals surface area contributed by atoms with Gasteiger partial charge in [-0.2, -0.15) is 0 Å². The largest absolute Gasteiger partial charge is 0.359 e. The van der Waals surface area contributed by atoms with E-state index in [0.29, 0.717) is 11.8 Å². The quantitative estimate of drug-likeness (QED) is 0.481. The minimum Gasteiger partial charge on any atom is -0.359 e. The van der Waals surface area contributed by atoms with Gasteiger partial charge in [-0.15, -0.1) is 0 Å². The molecule has 2 aromatic rings. The number of allylic oxidation sites excluding steroid dienone is 1. The van der Waals surface area contributed by atoms with Crippen LogP contribution in [-0.4, -0.2) is 35.2 Å². The summed E-state index contributed by atoms with van der Waals surface area (Å²) in [6.45, 7) is 5.22. The number of nitrogens with zero attached hydrogens (tertiary/aromatic N) is 1. The van der Waals surface area contributed by atoms with Crippen LogP contribution >= 0.6 is 0 Å². The van der Waals surface area contributed by atoms with E-state index in [9.17, 15) is 0 Å². The Morgan fingerprint density at radius 3 is 2.73 bits per heavy atom. The molecule has 170 valence electrons. The second kappa shape index (κ2) is 6.40. The molecule has 3 aliphatic carbocycles. The van der Waals surface area contributed by atoms with Gasteiger partial charge in [-0.25, -0.2) is 0 Å². The zero-order valence-corrected chi connectivity index (χ0v) is 19.9. The molecule has 2 saturated carbocycles. The first-order valence-electron chi connectivity index (χ1n) is 13.4.